The number of rotatable bonds is 6. The van der Waals surface area contributed by atoms with Crippen molar-refractivity contribution in [3.05, 3.63) is 35.4 Å². The molecule has 1 heterocycles. The Balaban J connectivity index is 0.00000364. The zero-order valence-corrected chi connectivity index (χ0v) is 17.7. The average Bonchev–Trinajstić information content (AvgIpc) is 2.60. The first kappa shape index (κ1) is 23.4. The standard InChI is InChI=1S/C21H33N3O2.ClH/c1-14(2)13-19(23-20(25)18-8-6-5-7-15(18)3)21(26)24-11-9-17(10-12-24)16(4)22;/h5-8,14,16-17,19H,9-13,22H2,1-4H3,(H,23,25);1H. The van der Waals surface area contributed by atoms with E-state index in [0.29, 0.717) is 23.8 Å². The smallest absolute Gasteiger partial charge is 0.252 e. The molecule has 2 rings (SSSR count). The van der Waals surface area contributed by atoms with Crippen LogP contribution >= 0.6 is 12.4 Å². The van der Waals surface area contributed by atoms with E-state index in [0.717, 1.165) is 31.5 Å². The van der Waals surface area contributed by atoms with Gasteiger partial charge >= 0.3 is 0 Å². The third-order valence-corrected chi connectivity index (χ3v) is 5.30. The minimum absolute atomic E-state index is 0. The van der Waals surface area contributed by atoms with Crippen LogP contribution in [0.25, 0.3) is 0 Å². The van der Waals surface area contributed by atoms with E-state index in [-0.39, 0.29) is 30.3 Å². The molecule has 0 saturated carbocycles. The summed E-state index contributed by atoms with van der Waals surface area (Å²) in [6.45, 7) is 9.53. The van der Waals surface area contributed by atoms with Gasteiger partial charge < -0.3 is 16.0 Å². The summed E-state index contributed by atoms with van der Waals surface area (Å²) in [5.41, 5.74) is 7.54. The number of carbonyl (C=O) groups is 2. The summed E-state index contributed by atoms with van der Waals surface area (Å²) in [5.74, 6) is 0.656. The Morgan fingerprint density at radius 3 is 2.30 bits per heavy atom. The molecule has 1 aliphatic rings. The van der Waals surface area contributed by atoms with Crippen molar-refractivity contribution in [2.24, 2.45) is 17.6 Å². The van der Waals surface area contributed by atoms with Gasteiger partial charge in [-0.3, -0.25) is 9.59 Å². The highest BCUT2D eigenvalue weighted by Crippen LogP contribution is 2.21. The van der Waals surface area contributed by atoms with Gasteiger partial charge in [0.1, 0.15) is 6.04 Å². The number of carbonyl (C=O) groups excluding carboxylic acids is 2. The lowest BCUT2D eigenvalue weighted by atomic mass is 9.90. The van der Waals surface area contributed by atoms with Crippen LogP contribution in [0.15, 0.2) is 24.3 Å². The van der Waals surface area contributed by atoms with Crippen LogP contribution in [0, 0.1) is 18.8 Å². The lowest BCUT2D eigenvalue weighted by Crippen LogP contribution is -2.52. The molecular weight excluding hydrogens is 362 g/mol. The fraction of sp³-hybridized carbons (Fsp3) is 0.619. The maximum Gasteiger partial charge on any atom is 0.252 e. The second-order valence-corrected chi connectivity index (χ2v) is 7.99. The van der Waals surface area contributed by atoms with E-state index >= 15 is 0 Å². The number of benzene rings is 1. The summed E-state index contributed by atoms with van der Waals surface area (Å²) in [6.07, 6.45) is 2.51. The Kier molecular flexibility index (Phi) is 9.27. The van der Waals surface area contributed by atoms with E-state index in [1.54, 1.807) is 6.07 Å². The predicted molar refractivity (Wildman–Crippen MR) is 112 cm³/mol. The van der Waals surface area contributed by atoms with Crippen molar-refractivity contribution >= 4 is 24.2 Å². The monoisotopic (exact) mass is 395 g/mol. The van der Waals surface area contributed by atoms with Crippen LogP contribution in [0.5, 0.6) is 0 Å². The first-order valence-electron chi connectivity index (χ1n) is 9.70. The summed E-state index contributed by atoms with van der Waals surface area (Å²) >= 11 is 0. The zero-order chi connectivity index (χ0) is 19.3. The molecule has 1 saturated heterocycles. The normalized spacial score (nSPS) is 17.2. The van der Waals surface area contributed by atoms with Crippen molar-refractivity contribution in [1.29, 1.82) is 0 Å². The first-order valence-corrected chi connectivity index (χ1v) is 9.70. The summed E-state index contributed by atoms with van der Waals surface area (Å²) in [5, 5.41) is 2.98. The maximum atomic E-state index is 13.0. The molecule has 0 bridgehead atoms. The molecule has 1 aliphatic heterocycles. The molecule has 0 aromatic heterocycles. The first-order chi connectivity index (χ1) is 12.3. The molecule has 0 aliphatic carbocycles. The van der Waals surface area contributed by atoms with E-state index < -0.39 is 6.04 Å². The fourth-order valence-electron chi connectivity index (χ4n) is 3.62. The molecule has 2 atom stereocenters. The van der Waals surface area contributed by atoms with Crippen molar-refractivity contribution in [1.82, 2.24) is 10.2 Å². The number of nitrogens with one attached hydrogen (secondary N) is 1. The maximum absolute atomic E-state index is 13.0. The van der Waals surface area contributed by atoms with Crippen LogP contribution in [0.2, 0.25) is 0 Å². The van der Waals surface area contributed by atoms with Gasteiger partial charge in [-0.25, -0.2) is 0 Å². The summed E-state index contributed by atoms with van der Waals surface area (Å²) < 4.78 is 0. The molecule has 27 heavy (non-hydrogen) atoms. The number of piperidine rings is 1. The van der Waals surface area contributed by atoms with Gasteiger partial charge in [0, 0.05) is 24.7 Å². The average molecular weight is 396 g/mol. The molecule has 1 aromatic rings. The van der Waals surface area contributed by atoms with Crippen LogP contribution in [-0.2, 0) is 4.79 Å². The minimum Gasteiger partial charge on any atom is -0.341 e. The van der Waals surface area contributed by atoms with Crippen LogP contribution < -0.4 is 11.1 Å². The predicted octanol–water partition coefficient (Wildman–Crippen LogP) is 3.15. The number of nitrogens with zero attached hydrogens (tertiary/aromatic N) is 1. The third-order valence-electron chi connectivity index (χ3n) is 5.30. The van der Waals surface area contributed by atoms with Gasteiger partial charge in [0.05, 0.1) is 0 Å². The number of nitrogens with two attached hydrogens (primary N) is 1. The van der Waals surface area contributed by atoms with Crippen molar-refractivity contribution in [3.63, 3.8) is 0 Å². The molecule has 1 fully saturated rings. The molecule has 5 nitrogen and oxygen atoms in total. The Bertz CT molecular complexity index is 626. The van der Waals surface area contributed by atoms with Crippen molar-refractivity contribution in [2.45, 2.75) is 59.0 Å². The number of hydrogen-bond acceptors (Lipinski definition) is 3. The Morgan fingerprint density at radius 1 is 1.19 bits per heavy atom. The highest BCUT2D eigenvalue weighted by atomic mass is 35.5. The van der Waals surface area contributed by atoms with Crippen LogP contribution in [-0.4, -0.2) is 41.9 Å². The van der Waals surface area contributed by atoms with Crippen molar-refractivity contribution < 1.29 is 9.59 Å². The molecule has 2 unspecified atom stereocenters. The molecule has 2 amide bonds. The van der Waals surface area contributed by atoms with E-state index in [1.165, 1.54) is 0 Å². The second-order valence-electron chi connectivity index (χ2n) is 7.99. The minimum atomic E-state index is -0.478. The van der Waals surface area contributed by atoms with Crippen LogP contribution in [0.3, 0.4) is 0 Å². The van der Waals surface area contributed by atoms with Gasteiger partial charge in [0.25, 0.3) is 5.91 Å². The fourth-order valence-corrected chi connectivity index (χ4v) is 3.62. The number of halogens is 1. The molecule has 3 N–H and O–H groups in total. The quantitative estimate of drug-likeness (QED) is 0.776. The summed E-state index contributed by atoms with van der Waals surface area (Å²) in [4.78, 5) is 27.6. The van der Waals surface area contributed by atoms with E-state index in [1.807, 2.05) is 36.9 Å². The van der Waals surface area contributed by atoms with E-state index in [2.05, 4.69) is 19.2 Å². The van der Waals surface area contributed by atoms with Crippen molar-refractivity contribution in [3.8, 4) is 0 Å². The third kappa shape index (κ3) is 6.51. The Morgan fingerprint density at radius 2 is 1.78 bits per heavy atom. The number of hydrogen-bond donors (Lipinski definition) is 2. The summed E-state index contributed by atoms with van der Waals surface area (Å²) in [6, 6.07) is 7.15. The van der Waals surface area contributed by atoms with E-state index in [9.17, 15) is 9.59 Å². The molecule has 6 heteroatoms. The SMILES string of the molecule is Cc1ccccc1C(=O)NC(CC(C)C)C(=O)N1CCC(C(C)N)CC1.Cl. The number of likely N-dealkylation sites (tertiary alicyclic amines) is 1. The molecular formula is C21H34ClN3O2. The second kappa shape index (κ2) is 10.7. The van der Waals surface area contributed by atoms with Gasteiger partial charge in [0.15, 0.2) is 0 Å². The highest BCUT2D eigenvalue weighted by molar-refractivity contribution is 5.98. The highest BCUT2D eigenvalue weighted by Gasteiger charge is 2.31. The van der Waals surface area contributed by atoms with Gasteiger partial charge in [-0.15, -0.1) is 12.4 Å². The van der Waals surface area contributed by atoms with Gasteiger partial charge in [-0.05, 0) is 56.6 Å². The lowest BCUT2D eigenvalue weighted by Gasteiger charge is -2.36. The topological polar surface area (TPSA) is 75.4 Å². The lowest BCUT2D eigenvalue weighted by molar-refractivity contribution is -0.135. The largest absolute Gasteiger partial charge is 0.341 e. The van der Waals surface area contributed by atoms with Gasteiger partial charge in [-0.2, -0.15) is 0 Å². The van der Waals surface area contributed by atoms with Crippen molar-refractivity contribution in [2.75, 3.05) is 13.1 Å². The van der Waals surface area contributed by atoms with Gasteiger partial charge in [0.2, 0.25) is 5.91 Å². The van der Waals surface area contributed by atoms with Crippen LogP contribution in [0.4, 0.5) is 0 Å². The summed E-state index contributed by atoms with van der Waals surface area (Å²) in [7, 11) is 0. The van der Waals surface area contributed by atoms with E-state index in [4.69, 9.17) is 5.73 Å². The molecule has 0 radical (unpaired) electrons. The number of amides is 2. The van der Waals surface area contributed by atoms with Crippen LogP contribution in [0.1, 0.15) is 56.0 Å². The van der Waals surface area contributed by atoms with Gasteiger partial charge in [-0.1, -0.05) is 32.0 Å². The molecule has 0 spiro atoms. The molecule has 1 aromatic carbocycles. The zero-order valence-electron chi connectivity index (χ0n) is 16.9. The Hall–Kier alpha value is -1.59. The number of aryl methyl sites for hydroxylation is 1. The Labute approximate surface area is 169 Å². The molecule has 152 valence electrons.